The van der Waals surface area contributed by atoms with E-state index >= 15 is 0 Å². The maximum absolute atomic E-state index is 8.06. The highest BCUT2D eigenvalue weighted by Gasteiger charge is 2.00. The van der Waals surface area contributed by atoms with Crippen LogP contribution in [0.4, 0.5) is 0 Å². The first-order chi connectivity index (χ1) is 10.7. The van der Waals surface area contributed by atoms with Crippen molar-refractivity contribution < 1.29 is 5.11 Å². The summed E-state index contributed by atoms with van der Waals surface area (Å²) in [5.41, 5.74) is 1.34. The van der Waals surface area contributed by atoms with E-state index in [0.717, 1.165) is 15.4 Å². The number of aromatic nitrogens is 2. The monoisotopic (exact) mass is 464 g/mol. The van der Waals surface area contributed by atoms with E-state index < -0.39 is 0 Å². The predicted molar refractivity (Wildman–Crippen MR) is 105 cm³/mol. The molecule has 0 atom stereocenters. The molecule has 2 aromatic heterocycles. The molecule has 2 rings (SSSR count). The summed E-state index contributed by atoms with van der Waals surface area (Å²) in [6.45, 7) is 7.87. The molecule has 0 spiro atoms. The van der Waals surface area contributed by atoms with E-state index in [9.17, 15) is 0 Å². The Hall–Kier alpha value is -0.490. The topological polar surface area (TPSA) is 46.0 Å². The first-order valence-corrected chi connectivity index (χ1v) is 9.21. The maximum atomic E-state index is 8.06. The summed E-state index contributed by atoms with van der Waals surface area (Å²) in [5, 5.41) is 8.75. The van der Waals surface area contributed by atoms with Crippen LogP contribution >= 0.6 is 43.5 Å². The molecule has 0 saturated heterocycles. The van der Waals surface area contributed by atoms with Gasteiger partial charge in [0.05, 0.1) is 9.50 Å². The van der Waals surface area contributed by atoms with Gasteiger partial charge in [-0.3, -0.25) is 9.97 Å². The normalized spacial score (nSPS) is 9.83. The number of halogens is 3. The van der Waals surface area contributed by atoms with Crippen molar-refractivity contribution in [2.75, 3.05) is 0 Å². The molecule has 0 aliphatic carbocycles. The van der Waals surface area contributed by atoms with Crippen LogP contribution in [0.5, 0.6) is 0 Å². The van der Waals surface area contributed by atoms with Crippen molar-refractivity contribution >= 4 is 43.5 Å². The Morgan fingerprint density at radius 1 is 1.00 bits per heavy atom. The van der Waals surface area contributed by atoms with Crippen LogP contribution in [0.3, 0.4) is 0 Å². The Morgan fingerprint density at radius 3 is 1.83 bits per heavy atom. The van der Waals surface area contributed by atoms with Gasteiger partial charge >= 0.3 is 0 Å². The molecule has 0 unspecified atom stereocenters. The molecule has 6 heteroatoms. The smallest absolute Gasteiger partial charge is 0.0579 e. The Bertz CT molecular complexity index is 542. The van der Waals surface area contributed by atoms with Crippen LogP contribution in [0.2, 0.25) is 5.02 Å². The number of hydrogen-bond acceptors (Lipinski definition) is 3. The van der Waals surface area contributed by atoms with Crippen molar-refractivity contribution in [3.63, 3.8) is 0 Å². The zero-order chi connectivity index (χ0) is 17.8. The highest BCUT2D eigenvalue weighted by atomic mass is 79.9. The summed E-state index contributed by atoms with van der Waals surface area (Å²) >= 11 is 12.3. The van der Waals surface area contributed by atoms with Gasteiger partial charge in [-0.25, -0.2) is 0 Å². The summed E-state index contributed by atoms with van der Waals surface area (Å²) in [7, 11) is 0. The van der Waals surface area contributed by atoms with Crippen LogP contribution < -0.4 is 0 Å². The highest BCUT2D eigenvalue weighted by Crippen LogP contribution is 2.19. The van der Waals surface area contributed by atoms with Crippen LogP contribution in [0.25, 0.3) is 0 Å². The lowest BCUT2D eigenvalue weighted by molar-refractivity contribution is 0.216. The molecule has 1 N–H and O–H groups in total. The summed E-state index contributed by atoms with van der Waals surface area (Å²) in [6, 6.07) is 3.79. The number of aliphatic hydroxyl groups is 1. The van der Waals surface area contributed by atoms with Gasteiger partial charge in [0.2, 0.25) is 0 Å². The molecule has 0 amide bonds. The molecule has 0 aromatic carbocycles. The summed E-state index contributed by atoms with van der Waals surface area (Å²) in [5.74, 6) is 0.702. The van der Waals surface area contributed by atoms with Gasteiger partial charge in [0.1, 0.15) is 0 Å². The molecule has 0 aliphatic rings. The first kappa shape index (κ1) is 22.5. The number of rotatable bonds is 2. The second-order valence-corrected chi connectivity index (χ2v) is 7.56. The maximum Gasteiger partial charge on any atom is 0.0579 e. The third-order valence-electron chi connectivity index (χ3n) is 2.21. The van der Waals surface area contributed by atoms with Gasteiger partial charge in [-0.05, 0) is 75.7 Å². The molecule has 2 aromatic rings. The van der Waals surface area contributed by atoms with Crippen molar-refractivity contribution in [2.45, 2.75) is 40.2 Å². The Kier molecular flexibility index (Phi) is 12.6. The number of hydrogen-bond donors (Lipinski definition) is 1. The van der Waals surface area contributed by atoms with E-state index in [1.165, 1.54) is 5.56 Å². The van der Waals surface area contributed by atoms with E-state index in [1.54, 1.807) is 32.3 Å². The second kappa shape index (κ2) is 12.9. The fourth-order valence-corrected chi connectivity index (χ4v) is 2.14. The van der Waals surface area contributed by atoms with E-state index in [0.29, 0.717) is 10.9 Å². The minimum atomic E-state index is -0.167. The van der Waals surface area contributed by atoms with Crippen LogP contribution in [0.15, 0.2) is 45.9 Å². The molecular formula is C17H23Br2ClN2O. The standard InChI is InChI=1S/C9H12BrN.C5H3BrClN.C3H8O/c1-7(2)5-8-3-4-11-6-9(8)10;6-4-3-8-2-1-5(4)7;1-3(2)4/h3-4,6-7H,5H2,1-2H3;1-3H;3-4H,1-2H3. The van der Waals surface area contributed by atoms with Gasteiger partial charge in [0, 0.05) is 35.4 Å². The zero-order valence-corrected chi connectivity index (χ0v) is 17.7. The van der Waals surface area contributed by atoms with Crippen LogP contribution in [-0.2, 0) is 6.42 Å². The lowest BCUT2D eigenvalue weighted by Crippen LogP contribution is -1.94. The molecule has 0 saturated carbocycles. The Morgan fingerprint density at radius 2 is 1.48 bits per heavy atom. The molecule has 0 radical (unpaired) electrons. The molecule has 0 fully saturated rings. The number of nitrogens with zero attached hydrogens (tertiary/aromatic N) is 2. The molecular weight excluding hydrogens is 443 g/mol. The van der Waals surface area contributed by atoms with Crippen molar-refractivity contribution in [3.05, 3.63) is 56.5 Å². The largest absolute Gasteiger partial charge is 0.394 e. The molecule has 2 heterocycles. The van der Waals surface area contributed by atoms with E-state index in [1.807, 2.05) is 12.4 Å². The second-order valence-electron chi connectivity index (χ2n) is 5.45. The number of aliphatic hydroxyl groups excluding tert-OH is 1. The zero-order valence-electron chi connectivity index (χ0n) is 13.8. The average molecular weight is 467 g/mol. The number of pyridine rings is 2. The molecule has 23 heavy (non-hydrogen) atoms. The molecule has 3 nitrogen and oxygen atoms in total. The summed E-state index contributed by atoms with van der Waals surface area (Å²) in [4.78, 5) is 7.82. The quantitative estimate of drug-likeness (QED) is 0.597. The fraction of sp³-hybridized carbons (Fsp3) is 0.412. The van der Waals surface area contributed by atoms with E-state index in [2.05, 4.69) is 61.7 Å². The minimum Gasteiger partial charge on any atom is -0.394 e. The first-order valence-electron chi connectivity index (χ1n) is 7.25. The van der Waals surface area contributed by atoms with Gasteiger partial charge < -0.3 is 5.11 Å². The average Bonchev–Trinajstić information content (AvgIpc) is 2.44. The van der Waals surface area contributed by atoms with Crippen molar-refractivity contribution in [3.8, 4) is 0 Å². The van der Waals surface area contributed by atoms with Crippen LogP contribution in [-0.4, -0.2) is 21.2 Å². The van der Waals surface area contributed by atoms with Crippen molar-refractivity contribution in [1.29, 1.82) is 0 Å². The fourth-order valence-electron chi connectivity index (χ4n) is 1.37. The Labute approximate surface area is 160 Å². The van der Waals surface area contributed by atoms with Gasteiger partial charge in [0.15, 0.2) is 0 Å². The lowest BCUT2D eigenvalue weighted by atomic mass is 10.0. The Balaban J connectivity index is 0.000000354. The minimum absolute atomic E-state index is 0.167. The summed E-state index contributed by atoms with van der Waals surface area (Å²) in [6.07, 6.45) is 7.93. The van der Waals surface area contributed by atoms with E-state index in [-0.39, 0.29) is 6.10 Å². The molecule has 128 valence electrons. The van der Waals surface area contributed by atoms with Crippen LogP contribution in [0.1, 0.15) is 33.3 Å². The predicted octanol–water partition coefficient (Wildman–Crippen LogP) is 5.93. The lowest BCUT2D eigenvalue weighted by Gasteiger charge is -2.05. The van der Waals surface area contributed by atoms with Crippen molar-refractivity contribution in [2.24, 2.45) is 5.92 Å². The van der Waals surface area contributed by atoms with Gasteiger partial charge in [-0.1, -0.05) is 25.4 Å². The van der Waals surface area contributed by atoms with Gasteiger partial charge in [-0.15, -0.1) is 0 Å². The van der Waals surface area contributed by atoms with Crippen LogP contribution in [0, 0.1) is 5.92 Å². The van der Waals surface area contributed by atoms with Gasteiger partial charge in [-0.2, -0.15) is 0 Å². The van der Waals surface area contributed by atoms with E-state index in [4.69, 9.17) is 16.7 Å². The summed E-state index contributed by atoms with van der Waals surface area (Å²) < 4.78 is 1.95. The molecule has 0 aliphatic heterocycles. The SMILES string of the molecule is CC(C)Cc1ccncc1Br.CC(C)O.Clc1ccncc1Br. The highest BCUT2D eigenvalue weighted by molar-refractivity contribution is 9.10. The molecule has 0 bridgehead atoms. The van der Waals surface area contributed by atoms with Crippen molar-refractivity contribution in [1.82, 2.24) is 9.97 Å². The third kappa shape index (κ3) is 12.6. The van der Waals surface area contributed by atoms with Gasteiger partial charge in [0.25, 0.3) is 0 Å². The third-order valence-corrected chi connectivity index (χ3v) is 4.11.